The highest BCUT2D eigenvalue weighted by Gasteiger charge is 2.20. The minimum absolute atomic E-state index is 0.162. The second kappa shape index (κ2) is 8.04. The molecule has 0 aliphatic heterocycles. The van der Waals surface area contributed by atoms with E-state index >= 15 is 0 Å². The molecule has 0 saturated carbocycles. The predicted molar refractivity (Wildman–Crippen MR) is 68.6 cm³/mol. The van der Waals surface area contributed by atoms with E-state index in [4.69, 9.17) is 9.84 Å². The van der Waals surface area contributed by atoms with Crippen molar-refractivity contribution in [2.45, 2.75) is 46.6 Å². The third-order valence-corrected chi connectivity index (χ3v) is 3.07. The fourth-order valence-electron chi connectivity index (χ4n) is 1.71. The van der Waals surface area contributed by atoms with Crippen LogP contribution in [0.1, 0.15) is 40.5 Å². The van der Waals surface area contributed by atoms with E-state index in [0.717, 1.165) is 26.0 Å². The Labute approximate surface area is 101 Å². The van der Waals surface area contributed by atoms with Crippen LogP contribution in [0.4, 0.5) is 0 Å². The molecule has 0 aliphatic rings. The standard InChI is InChI=1S/C13H29NO2/c1-11(2)12(6-9-16-5)14-10-13(3,4)7-8-15/h11-12,14-15H,6-10H2,1-5H3. The minimum Gasteiger partial charge on any atom is -0.396 e. The van der Waals surface area contributed by atoms with Crippen molar-refractivity contribution in [1.29, 1.82) is 0 Å². The molecule has 98 valence electrons. The molecule has 16 heavy (non-hydrogen) atoms. The van der Waals surface area contributed by atoms with E-state index in [2.05, 4.69) is 33.0 Å². The topological polar surface area (TPSA) is 41.5 Å². The van der Waals surface area contributed by atoms with Crippen molar-refractivity contribution in [1.82, 2.24) is 5.32 Å². The first kappa shape index (κ1) is 15.9. The lowest BCUT2D eigenvalue weighted by Crippen LogP contribution is -2.41. The number of hydrogen-bond acceptors (Lipinski definition) is 3. The summed E-state index contributed by atoms with van der Waals surface area (Å²) in [6.45, 7) is 10.8. The molecule has 3 heteroatoms. The van der Waals surface area contributed by atoms with E-state index in [0.29, 0.717) is 12.0 Å². The van der Waals surface area contributed by atoms with Gasteiger partial charge in [0.1, 0.15) is 0 Å². The second-order valence-electron chi connectivity index (χ2n) is 5.65. The minimum atomic E-state index is 0.162. The summed E-state index contributed by atoms with van der Waals surface area (Å²) in [4.78, 5) is 0. The number of aliphatic hydroxyl groups excluding tert-OH is 1. The zero-order chi connectivity index (χ0) is 12.6. The van der Waals surface area contributed by atoms with Crippen molar-refractivity contribution in [3.63, 3.8) is 0 Å². The Morgan fingerprint density at radius 1 is 1.31 bits per heavy atom. The van der Waals surface area contributed by atoms with Crippen LogP contribution in [-0.2, 0) is 4.74 Å². The van der Waals surface area contributed by atoms with Gasteiger partial charge in [-0.3, -0.25) is 0 Å². The van der Waals surface area contributed by atoms with Gasteiger partial charge in [0.2, 0.25) is 0 Å². The molecular formula is C13H29NO2. The maximum Gasteiger partial charge on any atom is 0.0477 e. The quantitative estimate of drug-likeness (QED) is 0.638. The highest BCUT2D eigenvalue weighted by molar-refractivity contribution is 4.77. The molecular weight excluding hydrogens is 202 g/mol. The largest absolute Gasteiger partial charge is 0.396 e. The summed E-state index contributed by atoms with van der Waals surface area (Å²) < 4.78 is 5.12. The molecule has 1 unspecified atom stereocenters. The molecule has 0 spiro atoms. The van der Waals surface area contributed by atoms with Gasteiger partial charge in [-0.05, 0) is 24.2 Å². The Kier molecular flexibility index (Phi) is 7.98. The molecule has 0 aromatic rings. The molecule has 3 nitrogen and oxygen atoms in total. The Morgan fingerprint density at radius 2 is 1.94 bits per heavy atom. The van der Waals surface area contributed by atoms with Crippen molar-refractivity contribution < 1.29 is 9.84 Å². The van der Waals surface area contributed by atoms with Gasteiger partial charge >= 0.3 is 0 Å². The number of ether oxygens (including phenoxy) is 1. The fraction of sp³-hybridized carbons (Fsp3) is 1.00. The molecule has 0 rings (SSSR count). The van der Waals surface area contributed by atoms with Gasteiger partial charge in [0, 0.05) is 32.9 Å². The van der Waals surface area contributed by atoms with Crippen LogP contribution in [0.3, 0.4) is 0 Å². The second-order valence-corrected chi connectivity index (χ2v) is 5.65. The van der Waals surface area contributed by atoms with Crippen molar-refractivity contribution in [2.24, 2.45) is 11.3 Å². The van der Waals surface area contributed by atoms with Crippen molar-refractivity contribution in [3.8, 4) is 0 Å². The first-order chi connectivity index (χ1) is 7.43. The first-order valence-electron chi connectivity index (χ1n) is 6.26. The third kappa shape index (κ3) is 7.20. The molecule has 0 aromatic heterocycles. The Morgan fingerprint density at radius 3 is 2.38 bits per heavy atom. The van der Waals surface area contributed by atoms with Crippen molar-refractivity contribution in [3.05, 3.63) is 0 Å². The van der Waals surface area contributed by atoms with E-state index in [9.17, 15) is 0 Å². The van der Waals surface area contributed by atoms with Gasteiger partial charge in [-0.25, -0.2) is 0 Å². The summed E-state index contributed by atoms with van der Waals surface area (Å²) in [6, 6.07) is 0.498. The van der Waals surface area contributed by atoms with E-state index in [1.807, 2.05) is 0 Å². The molecule has 0 heterocycles. The SMILES string of the molecule is COCCC(NCC(C)(C)CCO)C(C)C. The average Bonchev–Trinajstić information content (AvgIpc) is 2.17. The molecule has 0 amide bonds. The van der Waals surface area contributed by atoms with E-state index in [-0.39, 0.29) is 12.0 Å². The fourth-order valence-corrected chi connectivity index (χ4v) is 1.71. The Hall–Kier alpha value is -0.120. The van der Waals surface area contributed by atoms with Gasteiger partial charge in [-0.1, -0.05) is 27.7 Å². The Balaban J connectivity index is 4.00. The highest BCUT2D eigenvalue weighted by atomic mass is 16.5. The number of aliphatic hydroxyl groups is 1. The summed E-state index contributed by atoms with van der Waals surface area (Å²) in [5.74, 6) is 0.611. The summed E-state index contributed by atoms with van der Waals surface area (Å²) in [6.07, 6.45) is 1.89. The van der Waals surface area contributed by atoms with Gasteiger partial charge in [0.25, 0.3) is 0 Å². The van der Waals surface area contributed by atoms with Crippen LogP contribution in [0, 0.1) is 11.3 Å². The number of rotatable bonds is 9. The molecule has 0 bridgehead atoms. The molecule has 0 fully saturated rings. The zero-order valence-electron chi connectivity index (χ0n) is 11.5. The lowest BCUT2D eigenvalue weighted by molar-refractivity contribution is 0.161. The normalized spacial score (nSPS) is 14.4. The van der Waals surface area contributed by atoms with Gasteiger partial charge in [-0.2, -0.15) is 0 Å². The summed E-state index contributed by atoms with van der Waals surface area (Å²) in [5, 5.41) is 12.6. The molecule has 0 aliphatic carbocycles. The van der Waals surface area contributed by atoms with Crippen LogP contribution in [0.2, 0.25) is 0 Å². The van der Waals surface area contributed by atoms with E-state index < -0.39 is 0 Å². The van der Waals surface area contributed by atoms with Gasteiger partial charge in [-0.15, -0.1) is 0 Å². The summed E-state index contributed by atoms with van der Waals surface area (Å²) in [5.41, 5.74) is 0.162. The average molecular weight is 231 g/mol. The van der Waals surface area contributed by atoms with E-state index in [1.54, 1.807) is 7.11 Å². The Bertz CT molecular complexity index is 169. The lowest BCUT2D eigenvalue weighted by atomic mass is 9.88. The molecule has 1 atom stereocenters. The number of methoxy groups -OCH3 is 1. The third-order valence-electron chi connectivity index (χ3n) is 3.07. The van der Waals surface area contributed by atoms with Crippen LogP contribution in [-0.4, -0.2) is 38.0 Å². The van der Waals surface area contributed by atoms with E-state index in [1.165, 1.54) is 0 Å². The van der Waals surface area contributed by atoms with Crippen molar-refractivity contribution in [2.75, 3.05) is 26.9 Å². The summed E-state index contributed by atoms with van der Waals surface area (Å²) in [7, 11) is 1.74. The van der Waals surface area contributed by atoms with Gasteiger partial charge in [0.15, 0.2) is 0 Å². The van der Waals surface area contributed by atoms with Crippen LogP contribution >= 0.6 is 0 Å². The molecule has 2 N–H and O–H groups in total. The first-order valence-corrected chi connectivity index (χ1v) is 6.26. The number of nitrogens with one attached hydrogen (secondary N) is 1. The molecule has 0 saturated heterocycles. The highest BCUT2D eigenvalue weighted by Crippen LogP contribution is 2.19. The van der Waals surface area contributed by atoms with Crippen molar-refractivity contribution >= 4 is 0 Å². The van der Waals surface area contributed by atoms with Gasteiger partial charge in [0.05, 0.1) is 0 Å². The van der Waals surface area contributed by atoms with Crippen LogP contribution in [0.5, 0.6) is 0 Å². The zero-order valence-corrected chi connectivity index (χ0v) is 11.5. The summed E-state index contributed by atoms with van der Waals surface area (Å²) >= 11 is 0. The van der Waals surface area contributed by atoms with Gasteiger partial charge < -0.3 is 15.2 Å². The van der Waals surface area contributed by atoms with Crippen LogP contribution in [0.25, 0.3) is 0 Å². The monoisotopic (exact) mass is 231 g/mol. The molecule has 0 radical (unpaired) electrons. The predicted octanol–water partition coefficient (Wildman–Crippen LogP) is 2.05. The lowest BCUT2D eigenvalue weighted by Gasteiger charge is -2.29. The van der Waals surface area contributed by atoms with Crippen LogP contribution < -0.4 is 5.32 Å². The number of hydrogen-bond donors (Lipinski definition) is 2. The smallest absolute Gasteiger partial charge is 0.0477 e. The maximum absolute atomic E-state index is 8.97. The maximum atomic E-state index is 8.97. The molecule has 0 aromatic carbocycles. The van der Waals surface area contributed by atoms with Crippen LogP contribution in [0.15, 0.2) is 0 Å².